The number of ether oxygens (including phenoxy) is 2. The van der Waals surface area contributed by atoms with E-state index in [1.165, 1.54) is 38.9 Å². The van der Waals surface area contributed by atoms with Gasteiger partial charge in [0.1, 0.15) is 0 Å². The van der Waals surface area contributed by atoms with Crippen LogP contribution < -0.4 is 20.1 Å². The molecule has 1 aliphatic heterocycles. The summed E-state index contributed by atoms with van der Waals surface area (Å²) in [5, 5.41) is 6.62. The van der Waals surface area contributed by atoms with Gasteiger partial charge >= 0.3 is 0 Å². The van der Waals surface area contributed by atoms with Crippen LogP contribution >= 0.6 is 0 Å². The summed E-state index contributed by atoms with van der Waals surface area (Å²) in [6.07, 6.45) is 5.04. The number of guanidine groups is 1. The highest BCUT2D eigenvalue weighted by atomic mass is 16.5. The number of benzene rings is 1. The number of aliphatic imine (C=N–C) groups is 1. The van der Waals surface area contributed by atoms with E-state index in [-0.39, 0.29) is 0 Å². The first-order valence-electron chi connectivity index (χ1n) is 9.26. The zero-order valence-electron chi connectivity index (χ0n) is 15.8. The smallest absolute Gasteiger partial charge is 0.195 e. The summed E-state index contributed by atoms with van der Waals surface area (Å²) < 4.78 is 10.6. The van der Waals surface area contributed by atoms with Crippen molar-refractivity contribution < 1.29 is 9.47 Å². The molecule has 6 nitrogen and oxygen atoms in total. The lowest BCUT2D eigenvalue weighted by molar-refractivity contribution is 0.331. The maximum atomic E-state index is 5.35. The Morgan fingerprint density at radius 1 is 1.12 bits per heavy atom. The minimum Gasteiger partial charge on any atom is -0.493 e. The number of unbranched alkanes of at least 4 members (excludes halogenated alkanes) is 1. The van der Waals surface area contributed by atoms with E-state index in [0.29, 0.717) is 5.75 Å². The first-order chi connectivity index (χ1) is 12.3. The number of hydrogen-bond acceptors (Lipinski definition) is 4. The minimum absolute atomic E-state index is 0.703. The summed E-state index contributed by atoms with van der Waals surface area (Å²) in [6, 6.07) is 5.77. The molecule has 1 aromatic rings. The number of nitrogens with one attached hydrogen (secondary N) is 2. The van der Waals surface area contributed by atoms with Crippen LogP contribution in [0.5, 0.6) is 11.5 Å². The van der Waals surface area contributed by atoms with Crippen LogP contribution in [0.2, 0.25) is 0 Å². The van der Waals surface area contributed by atoms with Crippen LogP contribution in [0.15, 0.2) is 23.2 Å². The molecule has 0 aromatic heterocycles. The minimum atomic E-state index is 0.703. The third-order valence-electron chi connectivity index (χ3n) is 4.34. The molecule has 0 amide bonds. The van der Waals surface area contributed by atoms with Gasteiger partial charge in [-0.3, -0.25) is 4.99 Å². The maximum Gasteiger partial charge on any atom is 0.195 e. The van der Waals surface area contributed by atoms with Crippen molar-refractivity contribution in [3.05, 3.63) is 18.2 Å². The van der Waals surface area contributed by atoms with Crippen molar-refractivity contribution in [2.24, 2.45) is 4.99 Å². The van der Waals surface area contributed by atoms with Gasteiger partial charge in [-0.15, -0.1) is 0 Å². The van der Waals surface area contributed by atoms with Crippen molar-refractivity contribution in [1.82, 2.24) is 10.2 Å². The van der Waals surface area contributed by atoms with Gasteiger partial charge in [-0.25, -0.2) is 0 Å². The van der Waals surface area contributed by atoms with Crippen molar-refractivity contribution >= 4 is 11.6 Å². The van der Waals surface area contributed by atoms with E-state index in [0.717, 1.165) is 36.9 Å². The summed E-state index contributed by atoms with van der Waals surface area (Å²) in [5.41, 5.74) is 0.925. The second-order valence-corrected chi connectivity index (χ2v) is 6.21. The number of anilines is 1. The highest BCUT2D eigenvalue weighted by Gasteiger charge is 2.10. The predicted octanol–water partition coefficient (Wildman–Crippen LogP) is 2.96. The lowest BCUT2D eigenvalue weighted by Gasteiger charge is -2.15. The zero-order chi connectivity index (χ0) is 17.9. The number of likely N-dealkylation sites (tertiary alicyclic amines) is 1. The molecule has 25 heavy (non-hydrogen) atoms. The largest absolute Gasteiger partial charge is 0.493 e. The van der Waals surface area contributed by atoms with Crippen molar-refractivity contribution in [2.75, 3.05) is 52.3 Å². The Labute approximate surface area is 151 Å². The number of rotatable bonds is 9. The van der Waals surface area contributed by atoms with Crippen molar-refractivity contribution in [3.63, 3.8) is 0 Å². The molecule has 1 aromatic carbocycles. The molecule has 0 aliphatic carbocycles. The topological polar surface area (TPSA) is 58.1 Å². The van der Waals surface area contributed by atoms with Crippen molar-refractivity contribution in [2.45, 2.75) is 32.6 Å². The normalized spacial score (nSPS) is 15.2. The molecule has 0 spiro atoms. The summed E-state index contributed by atoms with van der Waals surface area (Å²) in [7, 11) is 3.28. The van der Waals surface area contributed by atoms with Gasteiger partial charge in [0.05, 0.1) is 14.2 Å². The first-order valence-corrected chi connectivity index (χ1v) is 9.26. The molecule has 2 N–H and O–H groups in total. The van der Waals surface area contributed by atoms with E-state index in [4.69, 9.17) is 9.47 Å². The summed E-state index contributed by atoms with van der Waals surface area (Å²) in [6.45, 7) is 7.47. The van der Waals surface area contributed by atoms with Crippen LogP contribution in [0.1, 0.15) is 32.6 Å². The highest BCUT2D eigenvalue weighted by molar-refractivity contribution is 5.93. The molecule has 140 valence electrons. The molecule has 2 rings (SSSR count). The Balaban J connectivity index is 1.84. The summed E-state index contributed by atoms with van der Waals surface area (Å²) in [5.74, 6) is 2.22. The molecule has 0 radical (unpaired) electrons. The standard InChI is InChI=1S/C19H32N4O2/c1-4-20-19(21-11-5-6-12-23-13-7-8-14-23)22-16-9-10-17(24-2)18(15-16)25-3/h9-10,15H,4-8,11-14H2,1-3H3,(H2,20,21,22). The maximum absolute atomic E-state index is 5.35. The van der Waals surface area contributed by atoms with Crippen LogP contribution in [0, 0.1) is 0 Å². The molecule has 6 heteroatoms. The van der Waals surface area contributed by atoms with E-state index < -0.39 is 0 Å². The van der Waals surface area contributed by atoms with Gasteiger partial charge in [0.2, 0.25) is 0 Å². The Bertz CT molecular complexity index is 542. The highest BCUT2D eigenvalue weighted by Crippen LogP contribution is 2.29. The quantitative estimate of drug-likeness (QED) is 0.408. The molecule has 1 heterocycles. The third-order valence-corrected chi connectivity index (χ3v) is 4.34. The van der Waals surface area contributed by atoms with Crippen LogP contribution in [0.25, 0.3) is 0 Å². The molecule has 0 atom stereocenters. The van der Waals surface area contributed by atoms with E-state index >= 15 is 0 Å². The molecule has 1 aliphatic rings. The fourth-order valence-corrected chi connectivity index (χ4v) is 3.00. The lowest BCUT2D eigenvalue weighted by atomic mass is 10.2. The van der Waals surface area contributed by atoms with E-state index in [2.05, 4.69) is 27.4 Å². The monoisotopic (exact) mass is 348 g/mol. The van der Waals surface area contributed by atoms with Crippen LogP contribution in [-0.2, 0) is 0 Å². The Hall–Kier alpha value is -1.95. The SMILES string of the molecule is CCNC(=NCCCCN1CCCC1)Nc1ccc(OC)c(OC)c1. The van der Waals surface area contributed by atoms with Crippen molar-refractivity contribution in [1.29, 1.82) is 0 Å². The number of hydrogen-bond donors (Lipinski definition) is 2. The second kappa shape index (κ2) is 10.8. The fraction of sp³-hybridized carbons (Fsp3) is 0.632. The number of nitrogens with zero attached hydrogens (tertiary/aromatic N) is 2. The van der Waals surface area contributed by atoms with Crippen LogP contribution in [0.4, 0.5) is 5.69 Å². The van der Waals surface area contributed by atoms with Crippen LogP contribution in [-0.4, -0.2) is 57.8 Å². The van der Waals surface area contributed by atoms with Gasteiger partial charge in [-0.1, -0.05) is 0 Å². The zero-order valence-corrected chi connectivity index (χ0v) is 15.8. The first kappa shape index (κ1) is 19.4. The number of methoxy groups -OCH3 is 2. The van der Waals surface area contributed by atoms with Gasteiger partial charge in [0.25, 0.3) is 0 Å². The van der Waals surface area contributed by atoms with Crippen molar-refractivity contribution in [3.8, 4) is 11.5 Å². The predicted molar refractivity (Wildman–Crippen MR) is 104 cm³/mol. The molecule has 0 bridgehead atoms. The molecule has 1 saturated heterocycles. The molecule has 0 saturated carbocycles. The van der Waals surface area contributed by atoms with Gasteiger partial charge in [-0.05, 0) is 64.4 Å². The Morgan fingerprint density at radius 3 is 2.56 bits per heavy atom. The molecule has 1 fully saturated rings. The Morgan fingerprint density at radius 2 is 1.88 bits per heavy atom. The molecular formula is C19H32N4O2. The van der Waals surface area contributed by atoms with E-state index in [1.54, 1.807) is 14.2 Å². The average molecular weight is 348 g/mol. The van der Waals surface area contributed by atoms with E-state index in [1.807, 2.05) is 18.2 Å². The van der Waals surface area contributed by atoms with Crippen LogP contribution in [0.3, 0.4) is 0 Å². The van der Waals surface area contributed by atoms with Gasteiger partial charge < -0.3 is 25.0 Å². The third kappa shape index (κ3) is 6.46. The Kier molecular flexibility index (Phi) is 8.39. The van der Waals surface area contributed by atoms with Gasteiger partial charge in [-0.2, -0.15) is 0 Å². The molecule has 0 unspecified atom stereocenters. The van der Waals surface area contributed by atoms with Gasteiger partial charge in [0.15, 0.2) is 17.5 Å². The average Bonchev–Trinajstić information content (AvgIpc) is 3.14. The fourth-order valence-electron chi connectivity index (χ4n) is 3.00. The summed E-state index contributed by atoms with van der Waals surface area (Å²) in [4.78, 5) is 7.23. The second-order valence-electron chi connectivity index (χ2n) is 6.21. The lowest BCUT2D eigenvalue weighted by Crippen LogP contribution is -2.30. The summed E-state index contributed by atoms with van der Waals surface area (Å²) >= 11 is 0. The van der Waals surface area contributed by atoms with E-state index in [9.17, 15) is 0 Å². The molecular weight excluding hydrogens is 316 g/mol. The van der Waals surface area contributed by atoms with Gasteiger partial charge in [0, 0.05) is 24.8 Å².